The Balaban J connectivity index is 1.16. The normalized spacial score (nSPS) is 51.5. The van der Waals surface area contributed by atoms with Crippen molar-refractivity contribution in [3.05, 3.63) is 0 Å². The minimum Gasteiger partial charge on any atom is -0.446 e. The number of rotatable bonds is 4. The Morgan fingerprint density at radius 1 is 1.00 bits per heavy atom. The number of fused-ring (bicyclic) bond motifs is 4. The molecule has 13 atom stereocenters. The van der Waals surface area contributed by atoms with Crippen molar-refractivity contribution in [2.45, 2.75) is 137 Å². The molecule has 8 heteroatoms. The van der Waals surface area contributed by atoms with E-state index in [1.165, 1.54) is 12.8 Å². The maximum Gasteiger partial charge on any atom is 0.410 e. The first-order valence-electron chi connectivity index (χ1n) is 17.4. The molecule has 7 rings (SSSR count). The van der Waals surface area contributed by atoms with Crippen LogP contribution in [-0.2, 0) is 14.2 Å². The molecule has 3 N–H and O–H groups in total. The maximum atomic E-state index is 12.8. The summed E-state index contributed by atoms with van der Waals surface area (Å²) in [5.41, 5.74) is 5.67. The van der Waals surface area contributed by atoms with E-state index in [9.17, 15) is 14.7 Å². The summed E-state index contributed by atoms with van der Waals surface area (Å²) >= 11 is 0. The van der Waals surface area contributed by atoms with E-state index < -0.39 is 18.3 Å². The van der Waals surface area contributed by atoms with E-state index in [-0.39, 0.29) is 63.3 Å². The Kier molecular flexibility index (Phi) is 6.65. The molecule has 7 aliphatic rings. The van der Waals surface area contributed by atoms with Crippen LogP contribution in [0.25, 0.3) is 0 Å². The highest BCUT2D eigenvalue weighted by Crippen LogP contribution is 2.89. The summed E-state index contributed by atoms with van der Waals surface area (Å²) < 4.78 is 18.7. The largest absolute Gasteiger partial charge is 0.446 e. The fourth-order valence-corrected chi connectivity index (χ4v) is 13.2. The van der Waals surface area contributed by atoms with E-state index in [0.29, 0.717) is 17.8 Å². The van der Waals surface area contributed by atoms with Gasteiger partial charge in [-0.2, -0.15) is 0 Å². The number of likely N-dealkylation sites (tertiary alicyclic amines) is 1. The molecule has 8 nitrogen and oxygen atoms in total. The lowest BCUT2D eigenvalue weighted by molar-refractivity contribution is -0.185. The van der Waals surface area contributed by atoms with Crippen molar-refractivity contribution in [3.63, 3.8) is 0 Å². The van der Waals surface area contributed by atoms with E-state index in [2.05, 4.69) is 34.6 Å². The van der Waals surface area contributed by atoms with Gasteiger partial charge in [0.25, 0.3) is 0 Å². The Labute approximate surface area is 258 Å². The molecule has 5 aliphatic carbocycles. The van der Waals surface area contributed by atoms with Crippen molar-refractivity contribution in [2.24, 2.45) is 62.4 Å². The van der Waals surface area contributed by atoms with Gasteiger partial charge in [0.1, 0.15) is 12.2 Å². The second kappa shape index (κ2) is 9.49. The fraction of sp³-hybridized carbons (Fsp3) is 0.943. The number of aliphatic hydroxyl groups is 1. The lowest BCUT2D eigenvalue weighted by atomic mass is 9.41. The molecular formula is C35H56N2O6. The average Bonchev–Trinajstić information content (AvgIpc) is 3.52. The number of carbonyl (C=O) groups excluding carboxylic acids is 2. The quantitative estimate of drug-likeness (QED) is 0.402. The average molecular weight is 601 g/mol. The van der Waals surface area contributed by atoms with Crippen LogP contribution in [0.15, 0.2) is 0 Å². The van der Waals surface area contributed by atoms with Crippen LogP contribution in [0.3, 0.4) is 0 Å². The van der Waals surface area contributed by atoms with E-state index in [0.717, 1.165) is 58.0 Å². The molecule has 43 heavy (non-hydrogen) atoms. The van der Waals surface area contributed by atoms with Crippen LogP contribution in [0.4, 0.5) is 9.59 Å². The van der Waals surface area contributed by atoms with Crippen LogP contribution >= 0.6 is 0 Å². The Morgan fingerprint density at radius 2 is 1.67 bits per heavy atom. The minimum atomic E-state index is -0.762. The van der Waals surface area contributed by atoms with Gasteiger partial charge in [-0.1, -0.05) is 48.5 Å². The number of primary amides is 1. The topological polar surface area (TPSA) is 111 Å². The van der Waals surface area contributed by atoms with Gasteiger partial charge in [0.05, 0.1) is 18.3 Å². The molecule has 2 amide bonds. The van der Waals surface area contributed by atoms with Gasteiger partial charge in [-0.3, -0.25) is 0 Å². The van der Waals surface area contributed by atoms with Gasteiger partial charge in [0.2, 0.25) is 0 Å². The first-order chi connectivity index (χ1) is 20.1. The molecule has 0 bridgehead atoms. The van der Waals surface area contributed by atoms with Crippen LogP contribution < -0.4 is 5.73 Å². The second-order valence-corrected chi connectivity index (χ2v) is 17.4. The van der Waals surface area contributed by atoms with E-state index in [1.54, 1.807) is 0 Å². The van der Waals surface area contributed by atoms with Crippen molar-refractivity contribution in [3.8, 4) is 0 Å². The van der Waals surface area contributed by atoms with Gasteiger partial charge in [0, 0.05) is 23.9 Å². The Bertz CT molecular complexity index is 1170. The highest BCUT2D eigenvalue weighted by molar-refractivity contribution is 5.68. The standard InChI is InChI=1S/C35H56N2O6/c1-19(2)26(43-29(36)39)21-17-20(3)25-27(41-21)28(38)33(7)23-10-9-22-31(4,5)24(42-30(40)37-15-8-16-37)11-12-34(22)18-35(23,34)14-13-32(25,33)6/h19-28,38H,8-18H2,1-7H3,(H2,36,39)/t20-,21?,22+,23?,24?,25+,26?,27?,28+,32?,33-,34?,35?/m1/s1. The third-order valence-corrected chi connectivity index (χ3v) is 15.4. The number of nitrogens with two attached hydrogens (primary N) is 1. The number of carbonyl (C=O) groups is 2. The predicted molar refractivity (Wildman–Crippen MR) is 162 cm³/mol. The van der Waals surface area contributed by atoms with Crippen LogP contribution in [0, 0.1) is 56.7 Å². The molecule has 7 fully saturated rings. The molecule has 5 saturated carbocycles. The summed E-state index contributed by atoms with van der Waals surface area (Å²) in [6, 6.07) is 0. The highest BCUT2D eigenvalue weighted by Gasteiger charge is 2.84. The van der Waals surface area contributed by atoms with Gasteiger partial charge < -0.3 is 30.0 Å². The zero-order valence-electron chi connectivity index (χ0n) is 27.6. The smallest absolute Gasteiger partial charge is 0.410 e. The van der Waals surface area contributed by atoms with Crippen molar-refractivity contribution < 1.29 is 28.9 Å². The summed E-state index contributed by atoms with van der Waals surface area (Å²) in [4.78, 5) is 26.5. The molecule has 242 valence electrons. The minimum absolute atomic E-state index is 0.0225. The summed E-state index contributed by atoms with van der Waals surface area (Å²) in [6.45, 7) is 17.6. The summed E-state index contributed by atoms with van der Waals surface area (Å²) in [5, 5.41) is 12.5. The number of amides is 2. The number of ether oxygens (including phenoxy) is 3. The van der Waals surface area contributed by atoms with Crippen molar-refractivity contribution in [1.29, 1.82) is 0 Å². The predicted octanol–water partition coefficient (Wildman–Crippen LogP) is 6.13. The van der Waals surface area contributed by atoms with Crippen molar-refractivity contribution in [2.75, 3.05) is 13.1 Å². The second-order valence-electron chi connectivity index (χ2n) is 17.4. The molecule has 0 aromatic carbocycles. The van der Waals surface area contributed by atoms with Crippen LogP contribution in [0.5, 0.6) is 0 Å². The van der Waals surface area contributed by atoms with Crippen LogP contribution in [0.1, 0.15) is 106 Å². The first kappa shape index (κ1) is 30.1. The van der Waals surface area contributed by atoms with Crippen LogP contribution in [-0.4, -0.2) is 65.8 Å². The zero-order valence-corrected chi connectivity index (χ0v) is 27.6. The SMILES string of the molecule is CC(C)C(OC(N)=O)C1C[C@@H](C)[C@H]2C(O1)[C@H](O)[C@@]1(C)C3CC[C@H]4C(C)(C)C(OC(=O)N5CCC5)CCC45CC35CCC21C. The van der Waals surface area contributed by atoms with Crippen molar-refractivity contribution >= 4 is 12.2 Å². The van der Waals surface area contributed by atoms with E-state index in [4.69, 9.17) is 19.9 Å². The maximum absolute atomic E-state index is 12.8. The lowest BCUT2D eigenvalue weighted by Crippen LogP contribution is -2.60. The molecule has 2 heterocycles. The molecule has 0 aromatic heterocycles. The summed E-state index contributed by atoms with van der Waals surface area (Å²) in [6.07, 6.45) is 7.36. The molecule has 2 saturated heterocycles. The monoisotopic (exact) mass is 600 g/mol. The summed E-state index contributed by atoms with van der Waals surface area (Å²) in [7, 11) is 0. The van der Waals surface area contributed by atoms with Gasteiger partial charge in [-0.05, 0) is 104 Å². The molecule has 0 radical (unpaired) electrons. The van der Waals surface area contributed by atoms with E-state index in [1.807, 2.05) is 18.7 Å². The molecule has 2 aliphatic heterocycles. The van der Waals surface area contributed by atoms with Gasteiger partial charge >= 0.3 is 12.2 Å². The molecule has 2 spiro atoms. The van der Waals surface area contributed by atoms with Gasteiger partial charge in [0.15, 0.2) is 0 Å². The number of aliphatic hydroxyl groups excluding tert-OH is 1. The third kappa shape index (κ3) is 3.74. The first-order valence-corrected chi connectivity index (χ1v) is 17.4. The zero-order chi connectivity index (χ0) is 30.9. The van der Waals surface area contributed by atoms with E-state index >= 15 is 0 Å². The fourth-order valence-electron chi connectivity index (χ4n) is 13.2. The Hall–Kier alpha value is -1.54. The molecule has 8 unspecified atom stereocenters. The lowest BCUT2D eigenvalue weighted by Gasteiger charge is -2.63. The van der Waals surface area contributed by atoms with Crippen LogP contribution in [0.2, 0.25) is 0 Å². The molecular weight excluding hydrogens is 544 g/mol. The number of hydrogen-bond acceptors (Lipinski definition) is 6. The van der Waals surface area contributed by atoms with Gasteiger partial charge in [-0.15, -0.1) is 0 Å². The van der Waals surface area contributed by atoms with Crippen molar-refractivity contribution in [1.82, 2.24) is 4.90 Å². The Morgan fingerprint density at radius 3 is 2.30 bits per heavy atom. The number of nitrogens with zero attached hydrogens (tertiary/aromatic N) is 1. The third-order valence-electron chi connectivity index (χ3n) is 15.4. The number of hydrogen-bond donors (Lipinski definition) is 2. The van der Waals surface area contributed by atoms with Gasteiger partial charge in [-0.25, -0.2) is 9.59 Å². The molecule has 0 aromatic rings. The highest BCUT2D eigenvalue weighted by atomic mass is 16.6. The summed E-state index contributed by atoms with van der Waals surface area (Å²) in [5.74, 6) is 1.66.